The van der Waals surface area contributed by atoms with Gasteiger partial charge < -0.3 is 14.8 Å². The Balaban J connectivity index is 2.05. The van der Waals surface area contributed by atoms with E-state index < -0.39 is 11.8 Å². The number of hydrogen-bond acceptors (Lipinski definition) is 4. The largest absolute Gasteiger partial charge is 0.477 e. The van der Waals surface area contributed by atoms with E-state index in [1.54, 1.807) is 22.7 Å². The molecule has 8 heteroatoms. The quantitative estimate of drug-likeness (QED) is 0.446. The molecule has 126 valence electrons. The highest BCUT2D eigenvalue weighted by Gasteiger charge is 2.24. The molecule has 4 aromatic rings. The maximum absolute atomic E-state index is 14.2. The monoisotopic (exact) mass is 451 g/mol. The molecule has 1 aromatic carbocycles. The maximum Gasteiger partial charge on any atom is 0.343 e. The van der Waals surface area contributed by atoms with E-state index in [4.69, 9.17) is 4.42 Å². The van der Waals surface area contributed by atoms with E-state index in [1.807, 2.05) is 29.5 Å². The molecule has 0 amide bonds. The summed E-state index contributed by atoms with van der Waals surface area (Å²) in [5.41, 5.74) is 1.80. The van der Waals surface area contributed by atoms with Gasteiger partial charge in [0.05, 0.1) is 23.7 Å². The summed E-state index contributed by atoms with van der Waals surface area (Å²) < 4.78 is 22.1. The molecule has 2 N–H and O–H groups in total. The number of halogens is 2. The van der Waals surface area contributed by atoms with Crippen LogP contribution in [0, 0.1) is 16.3 Å². The number of benzene rings is 1. The van der Waals surface area contributed by atoms with E-state index in [0.717, 1.165) is 9.13 Å². The third-order valence-electron chi connectivity index (χ3n) is 3.97. The lowest BCUT2D eigenvalue weighted by Crippen LogP contribution is -2.09. The van der Waals surface area contributed by atoms with Crippen LogP contribution in [0.25, 0.3) is 16.5 Å². The molecule has 0 radical (unpaired) electrons. The van der Waals surface area contributed by atoms with E-state index in [0.29, 0.717) is 10.9 Å². The van der Waals surface area contributed by atoms with Gasteiger partial charge in [0, 0.05) is 8.96 Å². The maximum atomic E-state index is 14.2. The van der Waals surface area contributed by atoms with Crippen molar-refractivity contribution < 1.29 is 18.7 Å². The minimum atomic E-state index is -1.18. The molecule has 0 saturated carbocycles. The first-order valence-electron chi connectivity index (χ1n) is 7.28. The number of aromatic carboxylic acids is 1. The Labute approximate surface area is 154 Å². The highest BCUT2D eigenvalue weighted by Crippen LogP contribution is 2.35. The highest BCUT2D eigenvalue weighted by atomic mass is 127. The van der Waals surface area contributed by atoms with Crippen molar-refractivity contribution in [2.24, 2.45) is 0 Å². The number of furan rings is 1. The number of carbonyl (C=O) groups is 1. The summed E-state index contributed by atoms with van der Waals surface area (Å²) in [6, 6.07) is 4.65. The average molecular weight is 451 g/mol. The fourth-order valence-corrected chi connectivity index (χ4v) is 3.33. The Kier molecular flexibility index (Phi) is 3.64. The SMILES string of the molecule is Cc1coc2c(C(=O)O)c(Nc3ccc(I)cc3F)n3cncc3c12. The lowest BCUT2D eigenvalue weighted by molar-refractivity contribution is 0.0698. The zero-order valence-electron chi connectivity index (χ0n) is 12.9. The van der Waals surface area contributed by atoms with Gasteiger partial charge in [-0.25, -0.2) is 14.2 Å². The standard InChI is InChI=1S/C17H11FIN3O3/c1-8-6-25-15-13(8)12-5-20-7-22(12)16(14(15)17(23)24)21-11-3-2-9(19)4-10(11)18/h2-7,21H,1H3,(H,23,24). The Morgan fingerprint density at radius 1 is 1.44 bits per heavy atom. The number of fused-ring (bicyclic) bond motifs is 3. The first-order valence-corrected chi connectivity index (χ1v) is 8.36. The van der Waals surface area contributed by atoms with Crippen LogP contribution in [0.5, 0.6) is 0 Å². The molecule has 4 rings (SSSR count). The molecule has 6 nitrogen and oxygen atoms in total. The van der Waals surface area contributed by atoms with Crippen LogP contribution in [0.1, 0.15) is 15.9 Å². The number of carboxylic acids is 1. The first kappa shape index (κ1) is 15.9. The third-order valence-corrected chi connectivity index (χ3v) is 4.64. The first-order chi connectivity index (χ1) is 12.0. The number of nitrogens with zero attached hydrogens (tertiary/aromatic N) is 2. The van der Waals surface area contributed by atoms with Crippen molar-refractivity contribution in [1.82, 2.24) is 9.38 Å². The van der Waals surface area contributed by atoms with Gasteiger partial charge in [-0.15, -0.1) is 0 Å². The highest BCUT2D eigenvalue weighted by molar-refractivity contribution is 14.1. The number of aromatic nitrogens is 2. The predicted molar refractivity (Wildman–Crippen MR) is 99.1 cm³/mol. The molecular formula is C17H11FIN3O3. The molecule has 0 aliphatic carbocycles. The number of imidazole rings is 1. The zero-order chi connectivity index (χ0) is 17.7. The molecule has 0 atom stereocenters. The summed E-state index contributed by atoms with van der Waals surface area (Å²) in [6.45, 7) is 1.83. The Morgan fingerprint density at radius 3 is 2.96 bits per heavy atom. The van der Waals surface area contributed by atoms with E-state index in [-0.39, 0.29) is 22.7 Å². The molecule has 0 saturated heterocycles. The second-order valence-corrected chi connectivity index (χ2v) is 6.80. The fraction of sp³-hybridized carbons (Fsp3) is 0.0588. The molecule has 3 aromatic heterocycles. The van der Waals surface area contributed by atoms with Gasteiger partial charge in [-0.05, 0) is 53.3 Å². The van der Waals surface area contributed by atoms with Gasteiger partial charge in [-0.3, -0.25) is 4.40 Å². The van der Waals surface area contributed by atoms with Gasteiger partial charge in [0.1, 0.15) is 23.5 Å². The van der Waals surface area contributed by atoms with Crippen molar-refractivity contribution >= 4 is 56.6 Å². The average Bonchev–Trinajstić information content (AvgIpc) is 3.16. The van der Waals surface area contributed by atoms with Gasteiger partial charge in [0.15, 0.2) is 5.58 Å². The van der Waals surface area contributed by atoms with Crippen molar-refractivity contribution in [3.63, 3.8) is 0 Å². The molecule has 3 heterocycles. The number of anilines is 2. The number of carboxylic acid groups (broad SMARTS) is 1. The van der Waals surface area contributed by atoms with E-state index >= 15 is 0 Å². The molecule has 0 fully saturated rings. The van der Waals surface area contributed by atoms with Gasteiger partial charge in [-0.2, -0.15) is 0 Å². The molecular weight excluding hydrogens is 440 g/mol. The number of hydrogen-bond donors (Lipinski definition) is 2. The molecule has 0 unspecified atom stereocenters. The molecule has 25 heavy (non-hydrogen) atoms. The topological polar surface area (TPSA) is 79.8 Å². The lowest BCUT2D eigenvalue weighted by Gasteiger charge is -2.14. The van der Waals surface area contributed by atoms with Crippen LogP contribution in [0.15, 0.2) is 41.4 Å². The van der Waals surface area contributed by atoms with Crippen LogP contribution in [0.2, 0.25) is 0 Å². The zero-order valence-corrected chi connectivity index (χ0v) is 15.0. The second kappa shape index (κ2) is 5.73. The van der Waals surface area contributed by atoms with Crippen molar-refractivity contribution in [3.8, 4) is 0 Å². The van der Waals surface area contributed by atoms with E-state index in [9.17, 15) is 14.3 Å². The van der Waals surface area contributed by atoms with Crippen molar-refractivity contribution in [2.75, 3.05) is 5.32 Å². The number of pyridine rings is 1. The van der Waals surface area contributed by atoms with Crippen LogP contribution < -0.4 is 5.32 Å². The Bertz CT molecular complexity index is 1150. The van der Waals surface area contributed by atoms with Gasteiger partial charge in [0.25, 0.3) is 0 Å². The third kappa shape index (κ3) is 2.44. The van der Waals surface area contributed by atoms with Gasteiger partial charge in [0.2, 0.25) is 0 Å². The van der Waals surface area contributed by atoms with Crippen LogP contribution >= 0.6 is 22.6 Å². The Morgan fingerprint density at radius 2 is 2.24 bits per heavy atom. The minimum Gasteiger partial charge on any atom is -0.477 e. The van der Waals surface area contributed by atoms with Crippen molar-refractivity contribution in [1.29, 1.82) is 0 Å². The summed E-state index contributed by atoms with van der Waals surface area (Å²) in [5, 5.41) is 13.3. The summed E-state index contributed by atoms with van der Waals surface area (Å²) in [7, 11) is 0. The Hall–Kier alpha value is -2.62. The molecule has 0 bridgehead atoms. The smallest absolute Gasteiger partial charge is 0.343 e. The molecule has 0 aliphatic heterocycles. The summed E-state index contributed by atoms with van der Waals surface area (Å²) in [5.74, 6) is -1.47. The summed E-state index contributed by atoms with van der Waals surface area (Å²) in [6.07, 6.45) is 4.60. The number of nitrogens with one attached hydrogen (secondary N) is 1. The fourth-order valence-electron chi connectivity index (χ4n) is 2.87. The normalized spacial score (nSPS) is 11.3. The van der Waals surface area contributed by atoms with Crippen LogP contribution in [0.3, 0.4) is 0 Å². The van der Waals surface area contributed by atoms with Crippen LogP contribution in [0.4, 0.5) is 15.9 Å². The lowest BCUT2D eigenvalue weighted by atomic mass is 10.1. The van der Waals surface area contributed by atoms with E-state index in [2.05, 4.69) is 10.3 Å². The van der Waals surface area contributed by atoms with Crippen molar-refractivity contribution in [2.45, 2.75) is 6.92 Å². The summed E-state index contributed by atoms with van der Waals surface area (Å²) >= 11 is 2.01. The number of rotatable bonds is 3. The van der Waals surface area contributed by atoms with Crippen LogP contribution in [-0.4, -0.2) is 20.5 Å². The molecule has 0 spiro atoms. The van der Waals surface area contributed by atoms with Crippen LogP contribution in [-0.2, 0) is 0 Å². The molecule has 0 aliphatic rings. The van der Waals surface area contributed by atoms with Gasteiger partial charge >= 0.3 is 5.97 Å². The summed E-state index contributed by atoms with van der Waals surface area (Å²) in [4.78, 5) is 16.0. The predicted octanol–water partition coefficient (Wildman–Crippen LogP) is 4.57. The number of aryl methyl sites for hydroxylation is 1. The minimum absolute atomic E-state index is 0.0773. The second-order valence-electron chi connectivity index (χ2n) is 5.55. The van der Waals surface area contributed by atoms with E-state index in [1.165, 1.54) is 18.7 Å². The van der Waals surface area contributed by atoms with Gasteiger partial charge in [-0.1, -0.05) is 0 Å². The van der Waals surface area contributed by atoms with Crippen molar-refractivity contribution in [3.05, 3.63) is 57.5 Å².